The molecule has 2 aromatic carbocycles. The van der Waals surface area contributed by atoms with Gasteiger partial charge in [-0.2, -0.15) is 5.10 Å². The van der Waals surface area contributed by atoms with Crippen LogP contribution in [0.1, 0.15) is 37.1 Å². The molecule has 0 saturated carbocycles. The largest absolute Gasteiger partial charge is 0.490 e. The number of H-pyrrole nitrogens is 1. The van der Waals surface area contributed by atoms with E-state index in [1.54, 1.807) is 12.1 Å². The number of benzene rings is 2. The highest BCUT2D eigenvalue weighted by Crippen LogP contribution is 2.31. The zero-order chi connectivity index (χ0) is 19.9. The Hall–Kier alpha value is -3.13. The van der Waals surface area contributed by atoms with E-state index in [0.29, 0.717) is 42.1 Å². The van der Waals surface area contributed by atoms with Crippen LogP contribution in [-0.4, -0.2) is 28.4 Å². The summed E-state index contributed by atoms with van der Waals surface area (Å²) >= 11 is 0. The molecule has 0 aliphatic carbocycles. The normalized spacial score (nSPS) is 11.9. The number of aromatic nitrogens is 3. The molecule has 8 heteroatoms. The number of ether oxygens (including phenoxy) is 3. The Morgan fingerprint density at radius 3 is 2.43 bits per heavy atom. The van der Waals surface area contributed by atoms with Crippen LogP contribution >= 0.6 is 0 Å². The van der Waals surface area contributed by atoms with Crippen LogP contribution in [0.4, 0.5) is 4.39 Å². The Balaban J connectivity index is 1.70. The van der Waals surface area contributed by atoms with Gasteiger partial charge in [0.05, 0.1) is 19.3 Å². The minimum absolute atomic E-state index is 0.166. The fourth-order valence-corrected chi connectivity index (χ4v) is 2.61. The number of hydrogen-bond donors (Lipinski definition) is 2. The van der Waals surface area contributed by atoms with Crippen LogP contribution < -0.4 is 19.9 Å². The van der Waals surface area contributed by atoms with Gasteiger partial charge in [-0.15, -0.1) is 0 Å². The maximum atomic E-state index is 12.9. The highest BCUT2D eigenvalue weighted by molar-refractivity contribution is 5.44. The van der Waals surface area contributed by atoms with Crippen LogP contribution in [0.5, 0.6) is 17.2 Å². The summed E-state index contributed by atoms with van der Waals surface area (Å²) in [5.41, 5.74) is 7.12. The van der Waals surface area contributed by atoms with Crippen molar-refractivity contribution in [2.45, 2.75) is 26.5 Å². The Labute approximate surface area is 162 Å². The summed E-state index contributed by atoms with van der Waals surface area (Å²) in [6.07, 6.45) is 0. The van der Waals surface area contributed by atoms with E-state index in [0.717, 1.165) is 5.56 Å². The predicted octanol–water partition coefficient (Wildman–Crippen LogP) is 3.37. The third-order valence-corrected chi connectivity index (χ3v) is 3.94. The topological polar surface area (TPSA) is 95.3 Å². The van der Waals surface area contributed by atoms with Crippen LogP contribution in [-0.2, 0) is 6.61 Å². The van der Waals surface area contributed by atoms with E-state index < -0.39 is 6.04 Å². The highest BCUT2D eigenvalue weighted by atomic mass is 19.1. The van der Waals surface area contributed by atoms with Gasteiger partial charge in [0.25, 0.3) is 0 Å². The quantitative estimate of drug-likeness (QED) is 0.585. The molecule has 3 N–H and O–H groups in total. The number of hydrogen-bond acceptors (Lipinski definition) is 6. The van der Waals surface area contributed by atoms with Crippen molar-refractivity contribution in [3.63, 3.8) is 0 Å². The molecule has 3 aromatic rings. The van der Waals surface area contributed by atoms with Gasteiger partial charge >= 0.3 is 0 Å². The lowest BCUT2D eigenvalue weighted by molar-refractivity contribution is 0.287. The fourth-order valence-electron chi connectivity index (χ4n) is 2.61. The molecule has 0 fully saturated rings. The zero-order valence-corrected chi connectivity index (χ0v) is 15.8. The molecule has 0 bridgehead atoms. The van der Waals surface area contributed by atoms with Crippen LogP contribution in [0.2, 0.25) is 0 Å². The van der Waals surface area contributed by atoms with Gasteiger partial charge in [-0.05, 0) is 55.8 Å². The molecule has 0 saturated heterocycles. The first-order valence-corrected chi connectivity index (χ1v) is 9.05. The van der Waals surface area contributed by atoms with Crippen molar-refractivity contribution in [1.82, 2.24) is 15.2 Å². The van der Waals surface area contributed by atoms with Gasteiger partial charge in [0.15, 0.2) is 23.1 Å². The van der Waals surface area contributed by atoms with Crippen molar-refractivity contribution in [2.24, 2.45) is 5.73 Å². The Morgan fingerprint density at radius 1 is 1.00 bits per heavy atom. The monoisotopic (exact) mass is 386 g/mol. The molecular formula is C20H23FN4O3. The van der Waals surface area contributed by atoms with E-state index in [-0.39, 0.29) is 12.4 Å². The van der Waals surface area contributed by atoms with Crippen molar-refractivity contribution in [3.05, 3.63) is 65.5 Å². The molecule has 3 rings (SSSR count). The smallest absolute Gasteiger partial charge is 0.172 e. The lowest BCUT2D eigenvalue weighted by atomic mass is 10.1. The second-order valence-corrected chi connectivity index (χ2v) is 5.93. The van der Waals surface area contributed by atoms with Crippen molar-refractivity contribution < 1.29 is 18.6 Å². The second kappa shape index (κ2) is 9.18. The molecule has 7 nitrogen and oxygen atoms in total. The summed E-state index contributed by atoms with van der Waals surface area (Å²) in [5.74, 6) is 2.48. The highest BCUT2D eigenvalue weighted by Gasteiger charge is 2.17. The molecule has 0 aliphatic heterocycles. The van der Waals surface area contributed by atoms with Crippen molar-refractivity contribution in [2.75, 3.05) is 13.2 Å². The SMILES string of the molecule is CCOc1ccc([C@@H](N)c2n[nH]c(COc3ccc(F)cc3)n2)cc1OCC. The average molecular weight is 386 g/mol. The molecule has 0 radical (unpaired) electrons. The number of nitrogens with zero attached hydrogens (tertiary/aromatic N) is 2. The summed E-state index contributed by atoms with van der Waals surface area (Å²) < 4.78 is 29.7. The maximum absolute atomic E-state index is 12.9. The number of nitrogens with one attached hydrogen (secondary N) is 1. The number of halogens is 1. The summed E-state index contributed by atoms with van der Waals surface area (Å²) in [4.78, 5) is 4.39. The van der Waals surface area contributed by atoms with Gasteiger partial charge in [0.2, 0.25) is 0 Å². The van der Waals surface area contributed by atoms with E-state index in [1.807, 2.05) is 32.0 Å². The minimum Gasteiger partial charge on any atom is -0.490 e. The van der Waals surface area contributed by atoms with E-state index in [9.17, 15) is 4.39 Å². The zero-order valence-electron chi connectivity index (χ0n) is 15.8. The molecule has 1 atom stereocenters. The Bertz CT molecular complexity index is 899. The molecule has 1 heterocycles. The molecule has 0 amide bonds. The van der Waals surface area contributed by atoms with E-state index >= 15 is 0 Å². The molecule has 1 aromatic heterocycles. The fraction of sp³-hybridized carbons (Fsp3) is 0.300. The number of rotatable bonds is 9. The molecule has 148 valence electrons. The lowest BCUT2D eigenvalue weighted by Crippen LogP contribution is -2.14. The lowest BCUT2D eigenvalue weighted by Gasteiger charge is -2.14. The van der Waals surface area contributed by atoms with Gasteiger partial charge in [0.1, 0.15) is 18.2 Å². The van der Waals surface area contributed by atoms with Crippen LogP contribution in [0, 0.1) is 5.82 Å². The van der Waals surface area contributed by atoms with Crippen LogP contribution in [0.15, 0.2) is 42.5 Å². The van der Waals surface area contributed by atoms with Gasteiger partial charge in [-0.25, -0.2) is 9.37 Å². The number of aromatic amines is 1. The van der Waals surface area contributed by atoms with E-state index in [2.05, 4.69) is 15.2 Å². The Kier molecular flexibility index (Phi) is 6.44. The van der Waals surface area contributed by atoms with E-state index in [4.69, 9.17) is 19.9 Å². The van der Waals surface area contributed by atoms with Gasteiger partial charge < -0.3 is 19.9 Å². The summed E-state index contributed by atoms with van der Waals surface area (Å²) in [5, 5.41) is 6.99. The van der Waals surface area contributed by atoms with Crippen molar-refractivity contribution >= 4 is 0 Å². The summed E-state index contributed by atoms with van der Waals surface area (Å²) in [7, 11) is 0. The predicted molar refractivity (Wildman–Crippen MR) is 102 cm³/mol. The van der Waals surface area contributed by atoms with Gasteiger partial charge in [-0.3, -0.25) is 5.10 Å². The van der Waals surface area contributed by atoms with Gasteiger partial charge in [0, 0.05) is 0 Å². The minimum atomic E-state index is -0.536. The second-order valence-electron chi connectivity index (χ2n) is 5.93. The number of nitrogens with two attached hydrogens (primary N) is 1. The first kappa shape index (κ1) is 19.6. The first-order chi connectivity index (χ1) is 13.6. The standard InChI is InChI=1S/C20H23FN4O3/c1-3-26-16-10-5-13(11-17(16)27-4-2)19(22)20-23-18(24-25-20)12-28-15-8-6-14(21)7-9-15/h5-11,19H,3-4,12,22H2,1-2H3,(H,23,24,25)/t19-/m1/s1. The molecular weight excluding hydrogens is 363 g/mol. The van der Waals surface area contributed by atoms with Crippen LogP contribution in [0.25, 0.3) is 0 Å². The van der Waals surface area contributed by atoms with Crippen LogP contribution in [0.3, 0.4) is 0 Å². The van der Waals surface area contributed by atoms with Crippen molar-refractivity contribution in [1.29, 1.82) is 0 Å². The first-order valence-electron chi connectivity index (χ1n) is 9.05. The maximum Gasteiger partial charge on any atom is 0.172 e. The molecule has 0 unspecified atom stereocenters. The molecule has 0 spiro atoms. The summed E-state index contributed by atoms with van der Waals surface area (Å²) in [6, 6.07) is 10.8. The molecule has 0 aliphatic rings. The average Bonchev–Trinajstić information content (AvgIpc) is 3.18. The van der Waals surface area contributed by atoms with E-state index in [1.165, 1.54) is 12.1 Å². The molecule has 28 heavy (non-hydrogen) atoms. The third kappa shape index (κ3) is 4.77. The summed E-state index contributed by atoms with van der Waals surface area (Å²) in [6.45, 7) is 5.05. The Morgan fingerprint density at radius 2 is 1.71 bits per heavy atom. The third-order valence-electron chi connectivity index (χ3n) is 3.94. The van der Waals surface area contributed by atoms with Gasteiger partial charge in [-0.1, -0.05) is 6.07 Å². The van der Waals surface area contributed by atoms with Crippen molar-refractivity contribution in [3.8, 4) is 17.2 Å².